The van der Waals surface area contributed by atoms with Gasteiger partial charge in [-0.1, -0.05) is 20.8 Å². The van der Waals surface area contributed by atoms with Gasteiger partial charge >= 0.3 is 32.4 Å². The molecule has 0 unspecified atom stereocenters. The number of aromatic nitrogens is 4. The molecule has 7 N–H and O–H groups in total. The summed E-state index contributed by atoms with van der Waals surface area (Å²) in [5.41, 5.74) is 13.7. The molecule has 5 heterocycles. The van der Waals surface area contributed by atoms with Crippen molar-refractivity contribution in [2.24, 2.45) is 5.73 Å². The van der Waals surface area contributed by atoms with E-state index in [0.717, 1.165) is 23.4 Å². The Morgan fingerprint density at radius 3 is 2.15 bits per heavy atom. The number of carboxylic acids is 1. The van der Waals surface area contributed by atoms with Crippen molar-refractivity contribution in [2.75, 3.05) is 33.3 Å². The molecule has 2 aliphatic rings. The topological polar surface area (TPSA) is 205 Å². The molecule has 0 spiro atoms. The number of aliphatic carboxylic acids is 1. The molecular formula is C39H51N7O6Pd+2. The van der Waals surface area contributed by atoms with Crippen LogP contribution in [0.3, 0.4) is 0 Å². The Kier molecular flexibility index (Phi) is 13.9. The molecule has 3 aromatic heterocycles. The minimum Gasteiger partial charge on any atom is -0.481 e. The molecule has 0 aliphatic carbocycles. The number of ether oxygens (including phenoxy) is 1. The van der Waals surface area contributed by atoms with Crippen molar-refractivity contribution in [3.8, 4) is 0 Å². The minimum absolute atomic E-state index is 0. The van der Waals surface area contributed by atoms with Crippen molar-refractivity contribution < 1.29 is 49.4 Å². The van der Waals surface area contributed by atoms with Crippen LogP contribution in [0.2, 0.25) is 0 Å². The Labute approximate surface area is 323 Å². The summed E-state index contributed by atoms with van der Waals surface area (Å²) in [5.74, 6) is -2.44. The molecule has 286 valence electrons. The van der Waals surface area contributed by atoms with Gasteiger partial charge in [0.1, 0.15) is 0 Å². The Bertz CT molecular complexity index is 2050. The Morgan fingerprint density at radius 1 is 0.887 bits per heavy atom. The normalized spacial score (nSPS) is 18.0. The van der Waals surface area contributed by atoms with Gasteiger partial charge < -0.3 is 36.2 Å². The average Bonchev–Trinajstić information content (AvgIpc) is 3.78. The predicted octanol–water partition coefficient (Wildman–Crippen LogP) is 5.17. The van der Waals surface area contributed by atoms with Crippen LogP contribution in [0, 0.1) is 13.8 Å². The number of carbonyl (C=O) groups excluding carboxylic acids is 3. The minimum atomic E-state index is -0.952. The third-order valence-electron chi connectivity index (χ3n) is 10.6. The fraction of sp³-hybridized carbons (Fsp3) is 0.487. The van der Waals surface area contributed by atoms with E-state index >= 15 is 0 Å². The monoisotopic (exact) mass is 819 g/mol. The van der Waals surface area contributed by atoms with Crippen LogP contribution < -0.4 is 16.4 Å². The summed E-state index contributed by atoms with van der Waals surface area (Å²) in [6, 6.07) is 5.83. The van der Waals surface area contributed by atoms with Gasteiger partial charge in [0.25, 0.3) is 5.91 Å². The summed E-state index contributed by atoms with van der Waals surface area (Å²) in [5, 5.41) is 15.9. The van der Waals surface area contributed by atoms with Gasteiger partial charge in [-0.2, -0.15) is 0 Å². The largest absolute Gasteiger partial charge is 2.00 e. The summed E-state index contributed by atoms with van der Waals surface area (Å²) in [4.78, 5) is 69.4. The summed E-state index contributed by atoms with van der Waals surface area (Å²) < 4.78 is 5.16. The van der Waals surface area contributed by atoms with E-state index in [1.807, 2.05) is 39.0 Å². The van der Waals surface area contributed by atoms with E-state index in [9.17, 15) is 24.3 Å². The van der Waals surface area contributed by atoms with Gasteiger partial charge in [-0.15, -0.1) is 0 Å². The van der Waals surface area contributed by atoms with Crippen LogP contribution >= 0.6 is 0 Å². The number of esters is 1. The molecule has 14 heteroatoms. The van der Waals surface area contributed by atoms with Crippen molar-refractivity contribution in [2.45, 2.75) is 90.9 Å². The maximum atomic E-state index is 14.1. The number of fused-ring (bicyclic) bond motifs is 8. The molecule has 0 saturated carbocycles. The second kappa shape index (κ2) is 17.7. The molecule has 0 aromatic carbocycles. The smallest absolute Gasteiger partial charge is 0.481 e. The maximum absolute atomic E-state index is 14.1. The van der Waals surface area contributed by atoms with E-state index in [0.29, 0.717) is 81.9 Å². The van der Waals surface area contributed by atoms with Crippen molar-refractivity contribution in [3.05, 3.63) is 68.8 Å². The number of nitrogens with two attached hydrogens (primary N) is 1. The standard InChI is InChI=1S/C39H51N7O6.Pd/c1-8-24-19(2)27-18-32-35(23(6)47)21(4)29(44-32)16-28-20(3)25(9-10-33(48)49)37(45-28)26(15-34(50)52-7)38-36(39(51)42-14-13-41-12-11-40)22(5)30(46-38)17-31(24)43-27;/h16-20,24-25,41,44,46H,8-15,40H2,1-7H3,(H,42,51)(H,48,49);/q;+2/t19-,20+,24-,25+;/m1./s1. The fourth-order valence-electron chi connectivity index (χ4n) is 7.71. The van der Waals surface area contributed by atoms with E-state index < -0.39 is 17.9 Å². The second-order valence-corrected chi connectivity index (χ2v) is 13.9. The van der Waals surface area contributed by atoms with Crippen molar-refractivity contribution >= 4 is 45.7 Å². The number of carbonyl (C=O) groups is 4. The third-order valence-corrected chi connectivity index (χ3v) is 10.6. The molecule has 5 rings (SSSR count). The maximum Gasteiger partial charge on any atom is 2.00 e. The molecule has 13 nitrogen and oxygen atoms in total. The molecule has 0 radical (unpaired) electrons. The van der Waals surface area contributed by atoms with Crippen LogP contribution in [-0.4, -0.2) is 82.0 Å². The molecule has 53 heavy (non-hydrogen) atoms. The first-order valence-electron chi connectivity index (χ1n) is 18.1. The Balaban J connectivity index is 0.00000627. The first-order chi connectivity index (χ1) is 24.8. The van der Waals surface area contributed by atoms with Crippen molar-refractivity contribution in [3.63, 3.8) is 0 Å². The van der Waals surface area contributed by atoms with Gasteiger partial charge in [0, 0.05) is 95.5 Å². The number of hydrogen-bond donors (Lipinski definition) is 6. The van der Waals surface area contributed by atoms with Gasteiger partial charge in [-0.05, 0) is 62.9 Å². The number of aryl methyl sites for hydroxylation is 2. The van der Waals surface area contributed by atoms with Crippen molar-refractivity contribution in [1.29, 1.82) is 0 Å². The zero-order valence-electron chi connectivity index (χ0n) is 31.5. The zero-order valence-corrected chi connectivity index (χ0v) is 33.0. The number of H-pyrrole nitrogens is 2. The summed E-state index contributed by atoms with van der Waals surface area (Å²) in [6.07, 6.45) is 0.725. The molecular weight excluding hydrogens is 769 g/mol. The fourth-order valence-corrected chi connectivity index (χ4v) is 7.71. The number of amides is 1. The SMILES string of the molecule is CC[C@H]1c2cc3[nH]c(c(CC(=O)OC)c4nc(cc5[nH]c(cc(n2)[C@@H]1C)c(C(C)=O)c5C)[C@@H](C)[C@@H]4CCC(=O)O)c(C(=O)NCCNCCN)c3C.[Pd+2]. The van der Waals surface area contributed by atoms with Crippen LogP contribution in [0.4, 0.5) is 0 Å². The predicted molar refractivity (Wildman–Crippen MR) is 200 cm³/mol. The van der Waals surface area contributed by atoms with Gasteiger partial charge in [0.05, 0.1) is 35.8 Å². The first-order valence-corrected chi connectivity index (χ1v) is 18.1. The number of ketones is 1. The third kappa shape index (κ3) is 8.62. The summed E-state index contributed by atoms with van der Waals surface area (Å²) in [7, 11) is 1.31. The molecule has 2 aliphatic heterocycles. The number of methoxy groups -OCH3 is 1. The summed E-state index contributed by atoms with van der Waals surface area (Å²) >= 11 is 0. The van der Waals surface area contributed by atoms with Crippen LogP contribution in [0.1, 0.15) is 131 Å². The van der Waals surface area contributed by atoms with Gasteiger partial charge in [0.2, 0.25) is 0 Å². The zero-order chi connectivity index (χ0) is 37.9. The number of rotatable bonds is 13. The quantitative estimate of drug-likeness (QED) is 0.0578. The number of hydrogen-bond acceptors (Lipinski definition) is 9. The molecule has 8 bridgehead atoms. The first kappa shape index (κ1) is 41.5. The van der Waals surface area contributed by atoms with E-state index in [4.69, 9.17) is 20.4 Å². The van der Waals surface area contributed by atoms with E-state index in [2.05, 4.69) is 34.4 Å². The molecule has 1 amide bonds. The van der Waals surface area contributed by atoms with Crippen LogP contribution in [0.25, 0.3) is 22.1 Å². The van der Waals surface area contributed by atoms with Crippen LogP contribution in [0.15, 0.2) is 18.2 Å². The number of nitrogens with zero attached hydrogens (tertiary/aromatic N) is 2. The Morgan fingerprint density at radius 2 is 1.51 bits per heavy atom. The molecule has 3 aromatic rings. The van der Waals surface area contributed by atoms with Gasteiger partial charge in [-0.3, -0.25) is 29.1 Å². The van der Waals surface area contributed by atoms with E-state index in [1.165, 1.54) is 7.11 Å². The number of carboxylic acid groups (broad SMARTS) is 1. The van der Waals surface area contributed by atoms with Crippen molar-refractivity contribution in [1.82, 2.24) is 30.6 Å². The molecule has 0 fully saturated rings. The van der Waals surface area contributed by atoms with Gasteiger partial charge in [0.15, 0.2) is 5.78 Å². The Hall–Kier alpha value is -4.22. The van der Waals surface area contributed by atoms with Gasteiger partial charge in [-0.25, -0.2) is 0 Å². The van der Waals surface area contributed by atoms with Crippen LogP contribution in [0.5, 0.6) is 0 Å². The summed E-state index contributed by atoms with van der Waals surface area (Å²) in [6.45, 7) is 13.5. The average molecular weight is 820 g/mol. The van der Waals surface area contributed by atoms with Crippen LogP contribution in [-0.2, 0) is 41.2 Å². The van der Waals surface area contributed by atoms with E-state index in [1.54, 1.807) is 6.92 Å². The molecule has 0 saturated heterocycles. The van der Waals surface area contributed by atoms with E-state index in [-0.39, 0.29) is 69.1 Å². The number of nitrogens with one attached hydrogen (secondary N) is 4. The number of aromatic amines is 2. The molecule has 4 atom stereocenters. The second-order valence-electron chi connectivity index (χ2n) is 13.9. The number of Topliss-reactive ketones (excluding diaryl/α,β-unsaturated/α-hetero) is 1.